The van der Waals surface area contributed by atoms with Crippen LogP contribution in [0.1, 0.15) is 58.3 Å². The molecule has 2 atom stereocenters. The van der Waals surface area contributed by atoms with Crippen LogP contribution in [0, 0.1) is 11.8 Å². The van der Waals surface area contributed by atoms with Crippen molar-refractivity contribution in [3.63, 3.8) is 0 Å². The van der Waals surface area contributed by atoms with Crippen LogP contribution in [0.5, 0.6) is 0 Å². The number of rotatable bonds is 2. The predicted molar refractivity (Wildman–Crippen MR) is 74.0 cm³/mol. The highest BCUT2D eigenvalue weighted by molar-refractivity contribution is 4.81. The summed E-state index contributed by atoms with van der Waals surface area (Å²) >= 11 is 0. The van der Waals surface area contributed by atoms with Gasteiger partial charge in [0.2, 0.25) is 0 Å². The summed E-state index contributed by atoms with van der Waals surface area (Å²) in [6.45, 7) is 6.09. The lowest BCUT2D eigenvalue weighted by Crippen LogP contribution is -2.47. The minimum Gasteiger partial charge on any atom is -0.327 e. The Balaban J connectivity index is 1.77. The predicted octanol–water partition coefficient (Wildman–Crippen LogP) is 3.02. The van der Waals surface area contributed by atoms with E-state index in [9.17, 15) is 0 Å². The molecule has 0 aromatic carbocycles. The molecule has 0 amide bonds. The van der Waals surface area contributed by atoms with E-state index in [1.807, 2.05) is 0 Å². The fraction of sp³-hybridized carbons (Fsp3) is 1.00. The Morgan fingerprint density at radius 1 is 1.00 bits per heavy atom. The SMILES string of the molecule is CC1CC(N)CN(CC2CCCCCCC2)C1. The van der Waals surface area contributed by atoms with Crippen LogP contribution >= 0.6 is 0 Å². The third kappa shape index (κ3) is 4.59. The van der Waals surface area contributed by atoms with E-state index < -0.39 is 0 Å². The number of likely N-dealkylation sites (tertiary alicyclic amines) is 1. The molecule has 0 aromatic heterocycles. The Kier molecular flexibility index (Phi) is 5.30. The van der Waals surface area contributed by atoms with Crippen LogP contribution in [0.4, 0.5) is 0 Å². The molecule has 1 heterocycles. The lowest BCUT2D eigenvalue weighted by molar-refractivity contribution is 0.134. The van der Waals surface area contributed by atoms with Crippen LogP contribution in [0.2, 0.25) is 0 Å². The van der Waals surface area contributed by atoms with Crippen LogP contribution in [-0.2, 0) is 0 Å². The summed E-state index contributed by atoms with van der Waals surface area (Å²) in [4.78, 5) is 2.64. The van der Waals surface area contributed by atoms with Gasteiger partial charge in [0.05, 0.1) is 0 Å². The molecule has 100 valence electrons. The summed E-state index contributed by atoms with van der Waals surface area (Å²) < 4.78 is 0. The highest BCUT2D eigenvalue weighted by Gasteiger charge is 2.24. The molecule has 2 N–H and O–H groups in total. The van der Waals surface area contributed by atoms with Crippen LogP contribution in [0.3, 0.4) is 0 Å². The van der Waals surface area contributed by atoms with Crippen molar-refractivity contribution in [3.05, 3.63) is 0 Å². The van der Waals surface area contributed by atoms with Gasteiger partial charge in [0, 0.05) is 25.7 Å². The molecule has 2 rings (SSSR count). The maximum absolute atomic E-state index is 6.13. The van der Waals surface area contributed by atoms with Crippen molar-refractivity contribution in [1.82, 2.24) is 4.90 Å². The lowest BCUT2D eigenvalue weighted by Gasteiger charge is -2.37. The molecule has 2 heteroatoms. The molecule has 0 spiro atoms. The zero-order valence-electron chi connectivity index (χ0n) is 11.5. The number of hydrogen-bond acceptors (Lipinski definition) is 2. The second-order valence-electron chi connectivity index (χ2n) is 6.53. The first-order valence-electron chi connectivity index (χ1n) is 7.72. The Bertz CT molecular complexity index is 199. The molecular formula is C15H30N2. The molecular weight excluding hydrogens is 208 g/mol. The summed E-state index contributed by atoms with van der Waals surface area (Å²) in [6.07, 6.45) is 11.5. The fourth-order valence-electron chi connectivity index (χ4n) is 3.75. The van der Waals surface area contributed by atoms with Crippen molar-refractivity contribution < 1.29 is 0 Å². The molecule has 2 nitrogen and oxygen atoms in total. The van der Waals surface area contributed by atoms with Gasteiger partial charge in [-0.3, -0.25) is 0 Å². The van der Waals surface area contributed by atoms with E-state index in [1.54, 1.807) is 0 Å². The monoisotopic (exact) mass is 238 g/mol. The number of nitrogens with zero attached hydrogens (tertiary/aromatic N) is 1. The van der Waals surface area contributed by atoms with Gasteiger partial charge >= 0.3 is 0 Å². The average Bonchev–Trinajstić information content (AvgIpc) is 2.20. The molecule has 17 heavy (non-hydrogen) atoms. The van der Waals surface area contributed by atoms with Crippen molar-refractivity contribution in [2.45, 2.75) is 64.3 Å². The van der Waals surface area contributed by atoms with Crippen LogP contribution in [0.25, 0.3) is 0 Å². The van der Waals surface area contributed by atoms with E-state index in [-0.39, 0.29) is 0 Å². The minimum absolute atomic E-state index is 0.423. The zero-order valence-corrected chi connectivity index (χ0v) is 11.5. The second-order valence-corrected chi connectivity index (χ2v) is 6.53. The normalized spacial score (nSPS) is 34.2. The largest absolute Gasteiger partial charge is 0.327 e. The molecule has 1 saturated carbocycles. The Labute approximate surface area is 107 Å². The van der Waals surface area contributed by atoms with E-state index in [0.29, 0.717) is 6.04 Å². The van der Waals surface area contributed by atoms with Gasteiger partial charge in [0.25, 0.3) is 0 Å². The van der Waals surface area contributed by atoms with Crippen molar-refractivity contribution >= 4 is 0 Å². The molecule has 2 unspecified atom stereocenters. The van der Waals surface area contributed by atoms with Crippen molar-refractivity contribution in [2.75, 3.05) is 19.6 Å². The fourth-order valence-corrected chi connectivity index (χ4v) is 3.75. The van der Waals surface area contributed by atoms with Gasteiger partial charge in [-0.2, -0.15) is 0 Å². The smallest absolute Gasteiger partial charge is 0.0170 e. The molecule has 2 fully saturated rings. The Morgan fingerprint density at radius 3 is 2.29 bits per heavy atom. The van der Waals surface area contributed by atoms with Crippen molar-refractivity contribution in [1.29, 1.82) is 0 Å². The first-order chi connectivity index (χ1) is 8.24. The highest BCUT2D eigenvalue weighted by Crippen LogP contribution is 2.25. The third-order valence-electron chi connectivity index (χ3n) is 4.51. The van der Waals surface area contributed by atoms with E-state index in [1.165, 1.54) is 64.5 Å². The molecule has 0 aromatic rings. The van der Waals surface area contributed by atoms with E-state index in [0.717, 1.165) is 18.4 Å². The summed E-state index contributed by atoms with van der Waals surface area (Å²) in [5.41, 5.74) is 6.13. The molecule has 1 saturated heterocycles. The summed E-state index contributed by atoms with van der Waals surface area (Å²) in [6, 6.07) is 0.423. The van der Waals surface area contributed by atoms with Crippen molar-refractivity contribution in [2.24, 2.45) is 17.6 Å². The van der Waals surface area contributed by atoms with E-state index in [2.05, 4.69) is 11.8 Å². The lowest BCUT2D eigenvalue weighted by atomic mass is 9.89. The number of piperidine rings is 1. The standard InChI is InChI=1S/C15H30N2/c1-13-9-15(16)12-17(10-13)11-14-7-5-3-2-4-6-8-14/h13-15H,2-12,16H2,1H3. The topological polar surface area (TPSA) is 29.3 Å². The molecule has 2 aliphatic rings. The first kappa shape index (κ1) is 13.4. The summed E-state index contributed by atoms with van der Waals surface area (Å²) in [5.74, 6) is 1.75. The average molecular weight is 238 g/mol. The van der Waals surface area contributed by atoms with Gasteiger partial charge in [-0.25, -0.2) is 0 Å². The summed E-state index contributed by atoms with van der Waals surface area (Å²) in [7, 11) is 0. The minimum atomic E-state index is 0.423. The van der Waals surface area contributed by atoms with Gasteiger partial charge in [0.15, 0.2) is 0 Å². The third-order valence-corrected chi connectivity index (χ3v) is 4.51. The van der Waals surface area contributed by atoms with Gasteiger partial charge in [-0.15, -0.1) is 0 Å². The van der Waals surface area contributed by atoms with Gasteiger partial charge < -0.3 is 10.6 Å². The second kappa shape index (κ2) is 6.75. The molecule has 0 radical (unpaired) electrons. The summed E-state index contributed by atoms with van der Waals surface area (Å²) in [5, 5.41) is 0. The number of hydrogen-bond donors (Lipinski definition) is 1. The van der Waals surface area contributed by atoms with Crippen molar-refractivity contribution in [3.8, 4) is 0 Å². The van der Waals surface area contributed by atoms with Gasteiger partial charge in [-0.05, 0) is 31.1 Å². The maximum atomic E-state index is 6.13. The quantitative estimate of drug-likeness (QED) is 0.801. The van der Waals surface area contributed by atoms with Crippen LogP contribution < -0.4 is 5.73 Å². The maximum Gasteiger partial charge on any atom is 0.0170 e. The highest BCUT2D eigenvalue weighted by atomic mass is 15.1. The number of nitrogens with two attached hydrogens (primary N) is 1. The molecule has 0 bridgehead atoms. The first-order valence-corrected chi connectivity index (χ1v) is 7.72. The van der Waals surface area contributed by atoms with Crippen LogP contribution in [-0.4, -0.2) is 30.6 Å². The Hall–Kier alpha value is -0.0800. The van der Waals surface area contributed by atoms with Gasteiger partial charge in [-0.1, -0.05) is 39.0 Å². The van der Waals surface area contributed by atoms with Crippen LogP contribution in [0.15, 0.2) is 0 Å². The molecule has 1 aliphatic heterocycles. The van der Waals surface area contributed by atoms with E-state index >= 15 is 0 Å². The van der Waals surface area contributed by atoms with E-state index in [4.69, 9.17) is 5.73 Å². The Morgan fingerprint density at radius 2 is 1.65 bits per heavy atom. The van der Waals surface area contributed by atoms with Gasteiger partial charge in [0.1, 0.15) is 0 Å². The zero-order chi connectivity index (χ0) is 12.1. The molecule has 1 aliphatic carbocycles.